The highest BCUT2D eigenvalue weighted by atomic mass is 16.5. The molecule has 23 heavy (non-hydrogen) atoms. The Bertz CT molecular complexity index is 977. The van der Waals surface area contributed by atoms with Gasteiger partial charge >= 0.3 is 5.63 Å². The van der Waals surface area contributed by atoms with E-state index in [-0.39, 0.29) is 23.7 Å². The van der Waals surface area contributed by atoms with Crippen LogP contribution in [-0.4, -0.2) is 15.2 Å². The molecular weight excluding hydrogens is 302 g/mol. The zero-order chi connectivity index (χ0) is 16.4. The Morgan fingerprint density at radius 3 is 3.00 bits per heavy atom. The van der Waals surface area contributed by atoms with Crippen molar-refractivity contribution in [1.29, 1.82) is 0 Å². The van der Waals surface area contributed by atoms with E-state index >= 15 is 0 Å². The summed E-state index contributed by atoms with van der Waals surface area (Å²) in [5.74, 6) is 0. The second-order valence-electron chi connectivity index (χ2n) is 4.88. The smallest absolute Gasteiger partial charge is 0.337 e. The van der Waals surface area contributed by atoms with Crippen LogP contribution in [0, 0.1) is 0 Å². The molecule has 3 aromatic rings. The van der Waals surface area contributed by atoms with Crippen LogP contribution < -0.4 is 20.7 Å². The maximum absolute atomic E-state index is 12.2. The number of hydrogen-bond acceptors (Lipinski definition) is 6. The third-order valence-corrected chi connectivity index (χ3v) is 3.28. The van der Waals surface area contributed by atoms with Crippen molar-refractivity contribution in [3.63, 3.8) is 0 Å². The van der Waals surface area contributed by atoms with Crippen molar-refractivity contribution in [3.05, 3.63) is 62.5 Å². The first-order valence-electron chi connectivity index (χ1n) is 6.96. The predicted octanol–water partition coefficient (Wildman–Crippen LogP) is 0.543. The fourth-order valence-electron chi connectivity index (χ4n) is 2.22. The summed E-state index contributed by atoms with van der Waals surface area (Å²) in [5, 5.41) is 9.56. The molecule has 0 saturated heterocycles. The lowest BCUT2D eigenvalue weighted by Crippen LogP contribution is -2.29. The Balaban J connectivity index is 1.96. The molecule has 8 heteroatoms. The summed E-state index contributed by atoms with van der Waals surface area (Å²) in [6.45, 7) is 1.91. The Morgan fingerprint density at radius 1 is 1.43 bits per heavy atom. The number of H-pyrrole nitrogens is 1. The average molecular weight is 316 g/mol. The van der Waals surface area contributed by atoms with Gasteiger partial charge < -0.3 is 9.15 Å². The zero-order valence-electron chi connectivity index (χ0n) is 12.3. The van der Waals surface area contributed by atoms with E-state index in [2.05, 4.69) is 9.97 Å². The summed E-state index contributed by atoms with van der Waals surface area (Å²) >= 11 is 0. The molecule has 3 aromatic heterocycles. The van der Waals surface area contributed by atoms with Crippen LogP contribution in [0.4, 0.5) is 0 Å². The second-order valence-corrected chi connectivity index (χ2v) is 4.88. The number of aryl methyl sites for hydroxylation is 1. The number of aromatic nitrogens is 3. The lowest BCUT2D eigenvalue weighted by Gasteiger charge is -2.05. The average Bonchev–Trinajstić information content (AvgIpc) is 2.51. The van der Waals surface area contributed by atoms with E-state index in [1.807, 2.05) is 6.92 Å². The molecule has 118 valence electrons. The van der Waals surface area contributed by atoms with Crippen molar-refractivity contribution in [2.45, 2.75) is 20.0 Å². The third-order valence-electron chi connectivity index (χ3n) is 3.28. The molecule has 3 heterocycles. The lowest BCUT2D eigenvalue weighted by molar-refractivity contribution is -0.905. The minimum atomic E-state index is -0.567. The predicted molar refractivity (Wildman–Crippen MR) is 78.4 cm³/mol. The van der Waals surface area contributed by atoms with Gasteiger partial charge in [0.1, 0.15) is 12.0 Å². The normalized spacial score (nSPS) is 10.8. The number of rotatable bonds is 4. The number of aromatic amines is 1. The van der Waals surface area contributed by atoms with E-state index in [1.54, 1.807) is 12.1 Å². The summed E-state index contributed by atoms with van der Waals surface area (Å²) in [6, 6.07) is 4.60. The van der Waals surface area contributed by atoms with Crippen LogP contribution in [0.1, 0.15) is 18.1 Å². The number of ether oxygens (including phenoxy) is 1. The lowest BCUT2D eigenvalue weighted by atomic mass is 10.1. The van der Waals surface area contributed by atoms with Crippen LogP contribution in [0.3, 0.4) is 0 Å². The van der Waals surface area contributed by atoms with Gasteiger partial charge in [-0.1, -0.05) is 6.92 Å². The standard InChI is InChI=1S/C15H13N3O5/c1-2-10-6-11(19)23-14-12(10)13(20)16-15(17-14)22-8-9-4-3-5-18(21)7-9/h3-7H,2,8H2,1H3,(H-,16,17,19,20,21)/p+1. The highest BCUT2D eigenvalue weighted by Gasteiger charge is 2.12. The van der Waals surface area contributed by atoms with Gasteiger partial charge in [0, 0.05) is 16.9 Å². The molecule has 0 radical (unpaired) electrons. The Kier molecular flexibility index (Phi) is 3.80. The molecule has 2 N–H and O–H groups in total. The third kappa shape index (κ3) is 3.05. The van der Waals surface area contributed by atoms with Crippen LogP contribution in [-0.2, 0) is 13.0 Å². The SMILES string of the molecule is CCc1cc(=O)oc2nc(OCc3ccc[n+](O)c3)[nH]c(=O)c12. The molecule has 0 amide bonds. The molecule has 0 atom stereocenters. The first-order valence-corrected chi connectivity index (χ1v) is 6.96. The Hall–Kier alpha value is -3.16. The molecule has 0 aliphatic rings. The summed E-state index contributed by atoms with van der Waals surface area (Å²) in [6.07, 6.45) is 3.42. The van der Waals surface area contributed by atoms with Crippen LogP contribution in [0.2, 0.25) is 0 Å². The minimum Gasteiger partial charge on any atom is -0.460 e. The summed E-state index contributed by atoms with van der Waals surface area (Å²) in [7, 11) is 0. The van der Waals surface area contributed by atoms with Gasteiger partial charge in [-0.25, -0.2) is 4.79 Å². The monoisotopic (exact) mass is 316 g/mol. The van der Waals surface area contributed by atoms with Crippen LogP contribution in [0.25, 0.3) is 11.1 Å². The summed E-state index contributed by atoms with van der Waals surface area (Å²) < 4.78 is 11.3. The molecule has 0 spiro atoms. The van der Waals surface area contributed by atoms with E-state index in [0.29, 0.717) is 17.5 Å². The molecule has 0 fully saturated rings. The van der Waals surface area contributed by atoms with E-state index in [1.165, 1.54) is 18.5 Å². The highest BCUT2D eigenvalue weighted by molar-refractivity contribution is 5.75. The molecule has 0 aliphatic carbocycles. The first kappa shape index (κ1) is 14.8. The fraction of sp³-hybridized carbons (Fsp3) is 0.200. The first-order chi connectivity index (χ1) is 11.1. The number of hydrogen-bond donors (Lipinski definition) is 2. The van der Waals surface area contributed by atoms with E-state index in [0.717, 1.165) is 4.73 Å². The second kappa shape index (κ2) is 5.91. The summed E-state index contributed by atoms with van der Waals surface area (Å²) in [5.41, 5.74) is 0.180. The van der Waals surface area contributed by atoms with Crippen LogP contribution in [0.5, 0.6) is 6.01 Å². The van der Waals surface area contributed by atoms with Gasteiger partial charge in [-0.3, -0.25) is 15.0 Å². The Morgan fingerprint density at radius 2 is 2.26 bits per heavy atom. The van der Waals surface area contributed by atoms with Crippen molar-refractivity contribution in [3.8, 4) is 6.01 Å². The van der Waals surface area contributed by atoms with Crippen molar-refractivity contribution >= 4 is 11.1 Å². The molecule has 3 rings (SSSR count). The topological polar surface area (TPSA) is 109 Å². The van der Waals surface area contributed by atoms with E-state index in [9.17, 15) is 14.8 Å². The van der Waals surface area contributed by atoms with Gasteiger partial charge in [-0.2, -0.15) is 4.98 Å². The fourth-order valence-corrected chi connectivity index (χ4v) is 2.22. The van der Waals surface area contributed by atoms with Crippen molar-refractivity contribution in [1.82, 2.24) is 9.97 Å². The number of nitrogens with one attached hydrogen (secondary N) is 1. The van der Waals surface area contributed by atoms with Crippen molar-refractivity contribution in [2.24, 2.45) is 0 Å². The van der Waals surface area contributed by atoms with Gasteiger partial charge in [0.05, 0.1) is 5.56 Å². The van der Waals surface area contributed by atoms with Crippen LogP contribution >= 0.6 is 0 Å². The van der Waals surface area contributed by atoms with E-state index in [4.69, 9.17) is 9.15 Å². The maximum atomic E-state index is 12.2. The maximum Gasteiger partial charge on any atom is 0.337 e. The number of nitrogens with zero attached hydrogens (tertiary/aromatic N) is 2. The van der Waals surface area contributed by atoms with Gasteiger partial charge in [0.15, 0.2) is 0 Å². The van der Waals surface area contributed by atoms with Gasteiger partial charge in [-0.05, 0) is 18.1 Å². The van der Waals surface area contributed by atoms with Gasteiger partial charge in [-0.15, -0.1) is 0 Å². The minimum absolute atomic E-state index is 0.0571. The van der Waals surface area contributed by atoms with Crippen molar-refractivity contribution < 1.29 is 19.1 Å². The van der Waals surface area contributed by atoms with E-state index < -0.39 is 11.2 Å². The quantitative estimate of drug-likeness (QED) is 0.537. The molecule has 0 unspecified atom stereocenters. The van der Waals surface area contributed by atoms with Crippen molar-refractivity contribution in [2.75, 3.05) is 0 Å². The van der Waals surface area contributed by atoms with Gasteiger partial charge in [0.2, 0.25) is 18.1 Å². The molecule has 0 bridgehead atoms. The number of fused-ring (bicyclic) bond motifs is 1. The van der Waals surface area contributed by atoms with Gasteiger partial charge in [0.25, 0.3) is 11.6 Å². The highest BCUT2D eigenvalue weighted by Crippen LogP contribution is 2.14. The molecule has 0 aromatic carbocycles. The molecule has 0 aliphatic heterocycles. The number of pyridine rings is 1. The molecule has 8 nitrogen and oxygen atoms in total. The largest absolute Gasteiger partial charge is 0.460 e. The Labute approximate surface area is 129 Å². The molecular formula is C15H14N3O5+. The molecule has 0 saturated carbocycles. The zero-order valence-corrected chi connectivity index (χ0v) is 12.3. The summed E-state index contributed by atoms with van der Waals surface area (Å²) in [4.78, 5) is 30.2. The van der Waals surface area contributed by atoms with Crippen LogP contribution in [0.15, 0.2) is 44.6 Å².